The molecule has 2 aliphatic carbocycles. The van der Waals surface area contributed by atoms with Crippen molar-refractivity contribution in [3.05, 3.63) is 29.8 Å². The molecule has 1 aliphatic heterocycles. The second-order valence-electron chi connectivity index (χ2n) is 5.78. The van der Waals surface area contributed by atoms with Crippen LogP contribution >= 0.6 is 0 Å². The lowest BCUT2D eigenvalue weighted by Crippen LogP contribution is -2.66. The number of hydrogen-bond acceptors (Lipinski definition) is 3. The molecule has 0 unspecified atom stereocenters. The van der Waals surface area contributed by atoms with Crippen LogP contribution in [0, 0.1) is 17.8 Å². The van der Waals surface area contributed by atoms with Crippen LogP contribution in [0.25, 0.3) is 0 Å². The van der Waals surface area contributed by atoms with Gasteiger partial charge in [-0.3, -0.25) is 4.79 Å². The molecule has 18 heavy (non-hydrogen) atoms. The minimum Gasteiger partial charge on any atom is -0.426 e. The van der Waals surface area contributed by atoms with Gasteiger partial charge in [-0.25, -0.2) is 0 Å². The van der Waals surface area contributed by atoms with E-state index in [2.05, 4.69) is 0 Å². The van der Waals surface area contributed by atoms with Crippen LogP contribution in [-0.4, -0.2) is 11.1 Å². The maximum absolute atomic E-state index is 12.1. The van der Waals surface area contributed by atoms with Gasteiger partial charge in [0.1, 0.15) is 11.4 Å². The van der Waals surface area contributed by atoms with Gasteiger partial charge in [0.25, 0.3) is 0 Å². The van der Waals surface area contributed by atoms with E-state index in [0.717, 1.165) is 24.8 Å². The largest absolute Gasteiger partial charge is 0.426 e. The third kappa shape index (κ3) is 1.06. The molecule has 4 rings (SSSR count). The number of carbonyl (C=O) groups is 1. The highest BCUT2D eigenvalue weighted by atomic mass is 16.5. The highest BCUT2D eigenvalue weighted by molar-refractivity contribution is 5.82. The molecule has 2 fully saturated rings. The monoisotopic (exact) mass is 244 g/mol. The van der Waals surface area contributed by atoms with Crippen LogP contribution in [0.4, 0.5) is 0 Å². The number of esters is 1. The molecule has 2 saturated carbocycles. The van der Waals surface area contributed by atoms with Gasteiger partial charge in [-0.05, 0) is 30.7 Å². The van der Waals surface area contributed by atoms with Crippen molar-refractivity contribution >= 4 is 5.97 Å². The maximum atomic E-state index is 12.1. The fourth-order valence-corrected chi connectivity index (χ4v) is 4.32. The van der Waals surface area contributed by atoms with E-state index < -0.39 is 5.60 Å². The Morgan fingerprint density at radius 3 is 2.89 bits per heavy atom. The van der Waals surface area contributed by atoms with Gasteiger partial charge >= 0.3 is 5.97 Å². The first-order chi connectivity index (χ1) is 8.73. The Morgan fingerprint density at radius 2 is 2.00 bits per heavy atom. The van der Waals surface area contributed by atoms with Gasteiger partial charge < -0.3 is 9.84 Å². The third-order valence-corrected chi connectivity index (χ3v) is 5.07. The number of ether oxygens (including phenoxy) is 1. The average molecular weight is 244 g/mol. The summed E-state index contributed by atoms with van der Waals surface area (Å²) in [6, 6.07) is 7.42. The summed E-state index contributed by atoms with van der Waals surface area (Å²) in [5.41, 5.74) is -0.144. The van der Waals surface area contributed by atoms with E-state index in [-0.39, 0.29) is 17.8 Å². The Hall–Kier alpha value is -1.35. The Bertz CT molecular complexity index is 524. The Morgan fingerprint density at radius 1 is 1.22 bits per heavy atom. The summed E-state index contributed by atoms with van der Waals surface area (Å²) in [5, 5.41) is 11.0. The Balaban J connectivity index is 1.86. The first-order valence-corrected chi connectivity index (χ1v) is 6.76. The SMILES string of the molecule is O=C1Oc2ccccc2[C@]2(O)[C@@H]3CCCC[C@H]3[C@H]12. The molecule has 0 amide bonds. The molecule has 0 saturated heterocycles. The quantitative estimate of drug-likeness (QED) is 0.562. The topological polar surface area (TPSA) is 46.5 Å². The molecule has 1 N–H and O–H groups in total. The number of aliphatic hydroxyl groups is 1. The number of para-hydroxylation sites is 1. The lowest BCUT2D eigenvalue weighted by atomic mass is 9.46. The summed E-state index contributed by atoms with van der Waals surface area (Å²) < 4.78 is 5.38. The van der Waals surface area contributed by atoms with Crippen molar-refractivity contribution in [3.63, 3.8) is 0 Å². The fraction of sp³-hybridized carbons (Fsp3) is 0.533. The van der Waals surface area contributed by atoms with Gasteiger partial charge in [-0.15, -0.1) is 0 Å². The van der Waals surface area contributed by atoms with Crippen molar-refractivity contribution in [1.29, 1.82) is 0 Å². The summed E-state index contributed by atoms with van der Waals surface area (Å²) in [6.07, 6.45) is 4.41. The van der Waals surface area contributed by atoms with Crippen molar-refractivity contribution in [3.8, 4) is 5.75 Å². The van der Waals surface area contributed by atoms with Crippen LogP contribution in [0.2, 0.25) is 0 Å². The molecule has 0 aromatic heterocycles. The molecular formula is C15H16O3. The normalized spacial score (nSPS) is 40.9. The first-order valence-electron chi connectivity index (χ1n) is 6.76. The second kappa shape index (κ2) is 3.35. The van der Waals surface area contributed by atoms with Gasteiger partial charge in [-0.1, -0.05) is 31.0 Å². The van der Waals surface area contributed by atoms with E-state index in [4.69, 9.17) is 4.74 Å². The van der Waals surface area contributed by atoms with Crippen molar-refractivity contribution in [1.82, 2.24) is 0 Å². The van der Waals surface area contributed by atoms with Crippen LogP contribution in [0.5, 0.6) is 5.75 Å². The van der Waals surface area contributed by atoms with E-state index in [1.165, 1.54) is 6.42 Å². The predicted molar refractivity (Wildman–Crippen MR) is 64.9 cm³/mol. The third-order valence-electron chi connectivity index (χ3n) is 5.07. The molecule has 3 heteroatoms. The molecule has 3 aliphatic rings. The fourth-order valence-electron chi connectivity index (χ4n) is 4.32. The molecule has 3 nitrogen and oxygen atoms in total. The highest BCUT2D eigenvalue weighted by Crippen LogP contribution is 2.64. The average Bonchev–Trinajstić information content (AvgIpc) is 2.37. The van der Waals surface area contributed by atoms with Crippen molar-refractivity contribution < 1.29 is 14.6 Å². The first kappa shape index (κ1) is 10.6. The number of rotatable bonds is 0. The standard InChI is InChI=1S/C15H16O3/c16-14-13-9-5-1-2-6-10(9)15(13,17)11-7-3-4-8-12(11)18-14/h3-4,7-10,13,17H,1-2,5-6H2/t9-,10-,13-,15-/m1/s1. The molecule has 0 spiro atoms. The van der Waals surface area contributed by atoms with Crippen LogP contribution in [0.3, 0.4) is 0 Å². The minimum atomic E-state index is -0.961. The van der Waals surface area contributed by atoms with Crippen LogP contribution in [-0.2, 0) is 10.4 Å². The molecule has 0 bridgehead atoms. The molecule has 94 valence electrons. The zero-order valence-corrected chi connectivity index (χ0v) is 10.1. The smallest absolute Gasteiger partial charge is 0.317 e. The number of hydrogen-bond donors (Lipinski definition) is 1. The molecule has 1 aromatic rings. The molecule has 4 atom stereocenters. The summed E-state index contributed by atoms with van der Waals surface area (Å²) >= 11 is 0. The van der Waals surface area contributed by atoms with Crippen LogP contribution in [0.1, 0.15) is 31.2 Å². The van der Waals surface area contributed by atoms with Crippen molar-refractivity contribution in [2.24, 2.45) is 17.8 Å². The zero-order chi connectivity index (χ0) is 12.3. The second-order valence-corrected chi connectivity index (χ2v) is 5.78. The van der Waals surface area contributed by atoms with E-state index in [1.54, 1.807) is 6.07 Å². The van der Waals surface area contributed by atoms with E-state index in [9.17, 15) is 9.90 Å². The van der Waals surface area contributed by atoms with E-state index in [1.807, 2.05) is 18.2 Å². The van der Waals surface area contributed by atoms with Gasteiger partial charge in [0.05, 0.1) is 5.92 Å². The van der Waals surface area contributed by atoms with Gasteiger partial charge in [0, 0.05) is 5.56 Å². The van der Waals surface area contributed by atoms with Crippen molar-refractivity contribution in [2.75, 3.05) is 0 Å². The van der Waals surface area contributed by atoms with Crippen molar-refractivity contribution in [2.45, 2.75) is 31.3 Å². The van der Waals surface area contributed by atoms with E-state index in [0.29, 0.717) is 11.7 Å². The lowest BCUT2D eigenvalue weighted by molar-refractivity contribution is -0.234. The number of benzene rings is 1. The van der Waals surface area contributed by atoms with Crippen LogP contribution < -0.4 is 4.74 Å². The van der Waals surface area contributed by atoms with Crippen LogP contribution in [0.15, 0.2) is 24.3 Å². The molecule has 0 radical (unpaired) electrons. The highest BCUT2D eigenvalue weighted by Gasteiger charge is 2.68. The minimum absolute atomic E-state index is 0.237. The predicted octanol–water partition coefficient (Wildman–Crippen LogP) is 2.23. The maximum Gasteiger partial charge on any atom is 0.317 e. The van der Waals surface area contributed by atoms with E-state index >= 15 is 0 Å². The summed E-state index contributed by atoms with van der Waals surface area (Å²) in [6.45, 7) is 0. The van der Waals surface area contributed by atoms with Gasteiger partial charge in [-0.2, -0.15) is 0 Å². The summed E-state index contributed by atoms with van der Waals surface area (Å²) in [7, 11) is 0. The number of fused-ring (bicyclic) bond motifs is 6. The summed E-state index contributed by atoms with van der Waals surface area (Å²) in [5.74, 6) is 0.539. The Kier molecular flexibility index (Phi) is 1.97. The Labute approximate surface area is 106 Å². The van der Waals surface area contributed by atoms with Gasteiger partial charge in [0.2, 0.25) is 0 Å². The molecular weight excluding hydrogens is 228 g/mol. The van der Waals surface area contributed by atoms with Gasteiger partial charge in [0.15, 0.2) is 0 Å². The lowest BCUT2D eigenvalue weighted by Gasteiger charge is -2.61. The zero-order valence-electron chi connectivity index (χ0n) is 10.1. The number of carbonyl (C=O) groups excluding carboxylic acids is 1. The molecule has 1 heterocycles. The molecule has 1 aromatic carbocycles. The summed E-state index contributed by atoms with van der Waals surface area (Å²) in [4.78, 5) is 12.1.